The van der Waals surface area contributed by atoms with Crippen molar-refractivity contribution in [2.24, 2.45) is 0 Å². The van der Waals surface area contributed by atoms with Crippen LogP contribution in [0.3, 0.4) is 0 Å². The summed E-state index contributed by atoms with van der Waals surface area (Å²) in [4.78, 5) is 8.40. The van der Waals surface area contributed by atoms with Gasteiger partial charge in [-0.2, -0.15) is 0 Å². The van der Waals surface area contributed by atoms with Crippen molar-refractivity contribution in [2.45, 2.75) is 13.5 Å². The van der Waals surface area contributed by atoms with Crippen LogP contribution in [0.5, 0.6) is 0 Å². The van der Waals surface area contributed by atoms with Gasteiger partial charge in [-0.25, -0.2) is 4.98 Å². The molecule has 0 aliphatic heterocycles. The maximum absolute atomic E-state index is 7.51. The summed E-state index contributed by atoms with van der Waals surface area (Å²) in [5, 5.41) is 11.1. The molecule has 2 aromatic rings. The quantitative estimate of drug-likeness (QED) is 0.654. The predicted molar refractivity (Wildman–Crippen MR) is 80.1 cm³/mol. The third-order valence-electron chi connectivity index (χ3n) is 2.70. The molecule has 0 bridgehead atoms. The number of hydrogen-bond acceptors (Lipinski definition) is 5. The van der Waals surface area contributed by atoms with E-state index < -0.39 is 0 Å². The van der Waals surface area contributed by atoms with Crippen molar-refractivity contribution in [2.75, 3.05) is 12.4 Å². The Balaban J connectivity index is 2.45. The highest BCUT2D eigenvalue weighted by molar-refractivity contribution is 6.29. The van der Waals surface area contributed by atoms with Crippen LogP contribution >= 0.6 is 11.6 Å². The lowest BCUT2D eigenvalue weighted by atomic mass is 10.1. The number of aromatic nitrogens is 2. The summed E-state index contributed by atoms with van der Waals surface area (Å²) in [5.74, 6) is 0. The first-order valence-electron chi connectivity index (χ1n) is 6.02. The molecule has 2 N–H and O–H groups in total. The normalized spacial score (nSPS) is 10.3. The molecule has 0 amide bonds. The zero-order valence-corrected chi connectivity index (χ0v) is 12.0. The van der Waals surface area contributed by atoms with Crippen LogP contribution in [0.2, 0.25) is 5.15 Å². The van der Waals surface area contributed by atoms with Crippen LogP contribution in [0.4, 0.5) is 11.4 Å². The Kier molecular flexibility index (Phi) is 4.65. The van der Waals surface area contributed by atoms with Gasteiger partial charge in [0.15, 0.2) is 0 Å². The van der Waals surface area contributed by atoms with Crippen LogP contribution in [-0.2, 0) is 11.3 Å². The zero-order valence-electron chi connectivity index (χ0n) is 11.3. The summed E-state index contributed by atoms with van der Waals surface area (Å²) in [6, 6.07) is 5.41. The number of nitrogens with zero attached hydrogens (tertiary/aromatic N) is 2. The molecule has 0 saturated carbocycles. The number of rotatable bonds is 5. The molecular formula is C14H15ClN4O. The number of pyridine rings is 2. The zero-order chi connectivity index (χ0) is 14.5. The predicted octanol–water partition coefficient (Wildman–Crippen LogP) is 3.33. The van der Waals surface area contributed by atoms with E-state index in [-0.39, 0.29) is 0 Å². The summed E-state index contributed by atoms with van der Waals surface area (Å²) < 4.78 is 5.14. The largest absolute Gasteiger partial charge is 0.378 e. The van der Waals surface area contributed by atoms with E-state index in [2.05, 4.69) is 15.3 Å². The Morgan fingerprint density at radius 3 is 2.90 bits per heavy atom. The van der Waals surface area contributed by atoms with Crippen LogP contribution < -0.4 is 5.32 Å². The van der Waals surface area contributed by atoms with Gasteiger partial charge >= 0.3 is 0 Å². The topological polar surface area (TPSA) is 70.9 Å². The molecule has 6 heteroatoms. The molecule has 20 heavy (non-hydrogen) atoms. The maximum atomic E-state index is 7.51. The lowest BCUT2D eigenvalue weighted by molar-refractivity contribution is 0.182. The molecule has 0 atom stereocenters. The Bertz CT molecular complexity index is 631. The van der Waals surface area contributed by atoms with E-state index in [1.807, 2.05) is 19.1 Å². The van der Waals surface area contributed by atoms with E-state index in [0.717, 1.165) is 17.1 Å². The molecule has 0 aliphatic rings. The van der Waals surface area contributed by atoms with Crippen LogP contribution in [0.15, 0.2) is 24.4 Å². The van der Waals surface area contributed by atoms with Gasteiger partial charge in [-0.05, 0) is 25.1 Å². The van der Waals surface area contributed by atoms with Crippen molar-refractivity contribution in [1.29, 1.82) is 5.41 Å². The molecule has 0 radical (unpaired) electrons. The second kappa shape index (κ2) is 6.45. The van der Waals surface area contributed by atoms with Gasteiger partial charge in [0.05, 0.1) is 18.0 Å². The smallest absolute Gasteiger partial charge is 0.130 e. The monoisotopic (exact) mass is 290 g/mol. The molecule has 0 saturated heterocycles. The summed E-state index contributed by atoms with van der Waals surface area (Å²) in [6.07, 6.45) is 2.96. The van der Waals surface area contributed by atoms with E-state index in [0.29, 0.717) is 23.0 Å². The minimum Gasteiger partial charge on any atom is -0.378 e. The van der Waals surface area contributed by atoms with Crippen LogP contribution in [0.1, 0.15) is 17.0 Å². The number of nitrogens with one attached hydrogen (secondary N) is 2. The third kappa shape index (κ3) is 3.31. The van der Waals surface area contributed by atoms with Crippen LogP contribution in [0, 0.1) is 12.3 Å². The molecule has 0 spiro atoms. The summed E-state index contributed by atoms with van der Waals surface area (Å²) in [7, 11) is 1.59. The molecule has 2 heterocycles. The van der Waals surface area contributed by atoms with Crippen molar-refractivity contribution in [3.63, 3.8) is 0 Å². The molecule has 0 aromatic carbocycles. The molecule has 104 valence electrons. The van der Waals surface area contributed by atoms with E-state index in [1.54, 1.807) is 19.4 Å². The molecule has 5 nitrogen and oxygen atoms in total. The minimum atomic E-state index is 0.313. The van der Waals surface area contributed by atoms with Gasteiger partial charge in [0.2, 0.25) is 0 Å². The second-order valence-corrected chi connectivity index (χ2v) is 4.63. The van der Waals surface area contributed by atoms with E-state index >= 15 is 0 Å². The van der Waals surface area contributed by atoms with Crippen LogP contribution in [0.25, 0.3) is 0 Å². The number of ether oxygens (including phenoxy) is 1. The SMILES string of the molecule is COCc1nc(Cl)cc(C=N)c1Nc1ccnc(C)c1. The first kappa shape index (κ1) is 14.4. The van der Waals surface area contributed by atoms with Gasteiger partial charge in [-0.1, -0.05) is 11.6 Å². The fraction of sp³-hybridized carbons (Fsp3) is 0.214. The highest BCUT2D eigenvalue weighted by Crippen LogP contribution is 2.26. The van der Waals surface area contributed by atoms with Crippen molar-refractivity contribution in [1.82, 2.24) is 9.97 Å². The van der Waals surface area contributed by atoms with Gasteiger partial charge in [-0.15, -0.1) is 0 Å². The Morgan fingerprint density at radius 2 is 2.25 bits per heavy atom. The van der Waals surface area contributed by atoms with Gasteiger partial charge in [0.25, 0.3) is 0 Å². The van der Waals surface area contributed by atoms with Gasteiger partial charge in [0, 0.05) is 36.5 Å². The fourth-order valence-electron chi connectivity index (χ4n) is 1.85. The first-order chi connectivity index (χ1) is 9.63. The number of aryl methyl sites for hydroxylation is 1. The Morgan fingerprint density at radius 1 is 1.45 bits per heavy atom. The van der Waals surface area contributed by atoms with Crippen molar-refractivity contribution >= 4 is 29.2 Å². The summed E-state index contributed by atoms with van der Waals surface area (Å²) in [6.45, 7) is 2.23. The molecule has 0 fully saturated rings. The number of halogens is 1. The van der Waals surface area contributed by atoms with E-state index in [1.165, 1.54) is 6.21 Å². The first-order valence-corrected chi connectivity index (χ1v) is 6.40. The van der Waals surface area contributed by atoms with Crippen LogP contribution in [-0.4, -0.2) is 23.3 Å². The van der Waals surface area contributed by atoms with Gasteiger partial charge < -0.3 is 15.5 Å². The summed E-state index contributed by atoms with van der Waals surface area (Å²) >= 11 is 5.96. The number of hydrogen-bond donors (Lipinski definition) is 2. The van der Waals surface area contributed by atoms with Crippen molar-refractivity contribution in [3.8, 4) is 0 Å². The minimum absolute atomic E-state index is 0.313. The highest BCUT2D eigenvalue weighted by Gasteiger charge is 2.11. The standard InChI is InChI=1S/C14H15ClN4O/c1-9-5-11(3-4-17-9)18-14-10(7-16)6-13(15)19-12(14)8-20-2/h3-7,16H,8H2,1-2H3,(H,17,18). The molecule has 0 unspecified atom stereocenters. The van der Waals surface area contributed by atoms with Gasteiger partial charge in [-0.3, -0.25) is 4.98 Å². The number of methoxy groups -OCH3 is 1. The van der Waals surface area contributed by atoms with Crippen molar-refractivity contribution in [3.05, 3.63) is 46.5 Å². The Labute approximate surface area is 122 Å². The average molecular weight is 291 g/mol. The highest BCUT2D eigenvalue weighted by atomic mass is 35.5. The third-order valence-corrected chi connectivity index (χ3v) is 2.89. The molecule has 2 aromatic heterocycles. The lowest BCUT2D eigenvalue weighted by Crippen LogP contribution is -2.05. The Hall–Kier alpha value is -1.98. The molecule has 2 rings (SSSR count). The molecule has 0 aliphatic carbocycles. The van der Waals surface area contributed by atoms with E-state index in [4.69, 9.17) is 21.7 Å². The maximum Gasteiger partial charge on any atom is 0.130 e. The lowest BCUT2D eigenvalue weighted by Gasteiger charge is -2.14. The molecular weight excluding hydrogens is 276 g/mol. The van der Waals surface area contributed by atoms with Gasteiger partial charge in [0.1, 0.15) is 5.15 Å². The average Bonchev–Trinajstić information content (AvgIpc) is 2.41. The summed E-state index contributed by atoms with van der Waals surface area (Å²) in [5.41, 5.74) is 3.82. The van der Waals surface area contributed by atoms with E-state index in [9.17, 15) is 0 Å². The number of anilines is 2. The fourth-order valence-corrected chi connectivity index (χ4v) is 2.07. The van der Waals surface area contributed by atoms with Crippen molar-refractivity contribution < 1.29 is 4.74 Å². The second-order valence-electron chi connectivity index (χ2n) is 4.24.